The van der Waals surface area contributed by atoms with Crippen molar-refractivity contribution in [2.45, 2.75) is 31.7 Å². The van der Waals surface area contributed by atoms with Crippen LogP contribution in [0.1, 0.15) is 36.0 Å². The number of hydrogen-bond donors (Lipinski definition) is 3. The molecule has 6 heteroatoms. The number of hydrogen-bond acceptors (Lipinski definition) is 3. The minimum Gasteiger partial charge on any atom is -0.355 e. The Morgan fingerprint density at radius 3 is 2.52 bits per heavy atom. The molecule has 1 aromatic rings. The van der Waals surface area contributed by atoms with Gasteiger partial charge in [0.1, 0.15) is 0 Å². The zero-order chi connectivity index (χ0) is 15.4. The lowest BCUT2D eigenvalue weighted by atomic mass is 9.86. The molecule has 1 saturated carbocycles. The molecule has 21 heavy (non-hydrogen) atoms. The summed E-state index contributed by atoms with van der Waals surface area (Å²) in [6.45, 7) is 0. The lowest BCUT2D eigenvalue weighted by Gasteiger charge is -2.25. The van der Waals surface area contributed by atoms with Crippen LogP contribution in [-0.4, -0.2) is 24.9 Å². The van der Waals surface area contributed by atoms with Gasteiger partial charge < -0.3 is 16.4 Å². The standard InChI is InChI=1S/C15H20ClN3O2/c1-18-14(20)10-4-7-12(16)13(8-10)19-15(21)9-2-5-11(17)6-3-9/h4,7-9,11H,2-3,5-6,17H2,1H3,(H,18,20)(H,19,21). The minimum absolute atomic E-state index is 0.0375. The van der Waals surface area contributed by atoms with E-state index in [2.05, 4.69) is 10.6 Å². The Bertz CT molecular complexity index is 540. The molecule has 0 bridgehead atoms. The Hall–Kier alpha value is -1.59. The number of benzene rings is 1. The highest BCUT2D eigenvalue weighted by Gasteiger charge is 2.25. The van der Waals surface area contributed by atoms with Crippen LogP contribution in [0.25, 0.3) is 0 Å². The van der Waals surface area contributed by atoms with Gasteiger partial charge in [-0.3, -0.25) is 9.59 Å². The lowest BCUT2D eigenvalue weighted by molar-refractivity contribution is -0.120. The zero-order valence-corrected chi connectivity index (χ0v) is 12.7. The molecule has 114 valence electrons. The van der Waals surface area contributed by atoms with Gasteiger partial charge >= 0.3 is 0 Å². The van der Waals surface area contributed by atoms with Gasteiger partial charge in [-0.15, -0.1) is 0 Å². The maximum atomic E-state index is 12.3. The van der Waals surface area contributed by atoms with Crippen LogP contribution in [0.3, 0.4) is 0 Å². The molecular weight excluding hydrogens is 290 g/mol. The van der Waals surface area contributed by atoms with Crippen LogP contribution in [-0.2, 0) is 4.79 Å². The number of nitrogens with two attached hydrogens (primary N) is 1. The van der Waals surface area contributed by atoms with E-state index in [0.29, 0.717) is 16.3 Å². The third-order valence-corrected chi connectivity index (χ3v) is 4.19. The SMILES string of the molecule is CNC(=O)c1ccc(Cl)c(NC(=O)C2CCC(N)CC2)c1. The third-order valence-electron chi connectivity index (χ3n) is 3.86. The van der Waals surface area contributed by atoms with Crippen molar-refractivity contribution in [1.29, 1.82) is 0 Å². The molecule has 5 nitrogen and oxygen atoms in total. The van der Waals surface area contributed by atoms with E-state index in [1.54, 1.807) is 25.2 Å². The summed E-state index contributed by atoms with van der Waals surface area (Å²) in [7, 11) is 1.56. The van der Waals surface area contributed by atoms with Gasteiger partial charge in [-0.2, -0.15) is 0 Å². The Morgan fingerprint density at radius 2 is 1.90 bits per heavy atom. The molecule has 0 saturated heterocycles. The highest BCUT2D eigenvalue weighted by molar-refractivity contribution is 6.33. The van der Waals surface area contributed by atoms with Crippen molar-refractivity contribution in [2.75, 3.05) is 12.4 Å². The molecule has 1 aliphatic rings. The van der Waals surface area contributed by atoms with Crippen molar-refractivity contribution in [3.8, 4) is 0 Å². The molecule has 0 unspecified atom stereocenters. The van der Waals surface area contributed by atoms with Crippen LogP contribution in [0.15, 0.2) is 18.2 Å². The average molecular weight is 310 g/mol. The summed E-state index contributed by atoms with van der Waals surface area (Å²) in [5, 5.41) is 5.78. The minimum atomic E-state index is -0.217. The quantitative estimate of drug-likeness (QED) is 0.800. The van der Waals surface area contributed by atoms with Crippen LogP contribution in [0.4, 0.5) is 5.69 Å². The number of anilines is 1. The first-order valence-electron chi connectivity index (χ1n) is 7.09. The fraction of sp³-hybridized carbons (Fsp3) is 0.467. The van der Waals surface area contributed by atoms with Crippen molar-refractivity contribution in [3.05, 3.63) is 28.8 Å². The summed E-state index contributed by atoms with van der Waals surface area (Å²) in [5.41, 5.74) is 6.78. The van der Waals surface area contributed by atoms with Crippen molar-refractivity contribution in [3.63, 3.8) is 0 Å². The van der Waals surface area contributed by atoms with Gasteiger partial charge in [0.05, 0.1) is 10.7 Å². The van der Waals surface area contributed by atoms with Gasteiger partial charge in [-0.25, -0.2) is 0 Å². The summed E-state index contributed by atoms with van der Waals surface area (Å²) in [4.78, 5) is 23.9. The second-order valence-corrected chi connectivity index (χ2v) is 5.78. The van der Waals surface area contributed by atoms with Gasteiger partial charge in [-0.1, -0.05) is 11.6 Å². The summed E-state index contributed by atoms with van der Waals surface area (Å²) < 4.78 is 0. The van der Waals surface area contributed by atoms with Crippen LogP contribution >= 0.6 is 11.6 Å². The fourth-order valence-corrected chi connectivity index (χ4v) is 2.69. The normalized spacial score (nSPS) is 21.7. The van der Waals surface area contributed by atoms with Crippen molar-refractivity contribution in [1.82, 2.24) is 5.32 Å². The van der Waals surface area contributed by atoms with E-state index in [4.69, 9.17) is 17.3 Å². The van der Waals surface area contributed by atoms with Gasteiger partial charge in [0, 0.05) is 24.6 Å². The number of amides is 2. The molecule has 0 heterocycles. The average Bonchev–Trinajstić information content (AvgIpc) is 2.49. The Labute approximate surface area is 129 Å². The van der Waals surface area contributed by atoms with Crippen LogP contribution in [0.2, 0.25) is 5.02 Å². The first kappa shape index (κ1) is 15.8. The first-order valence-corrected chi connectivity index (χ1v) is 7.47. The Balaban J connectivity index is 2.08. The number of halogens is 1. The van der Waals surface area contributed by atoms with E-state index in [1.807, 2.05) is 0 Å². The van der Waals surface area contributed by atoms with Crippen LogP contribution in [0.5, 0.6) is 0 Å². The maximum Gasteiger partial charge on any atom is 0.251 e. The van der Waals surface area contributed by atoms with E-state index in [9.17, 15) is 9.59 Å². The predicted octanol–water partition coefficient (Wildman–Crippen LogP) is 2.16. The molecule has 0 atom stereocenters. The third kappa shape index (κ3) is 3.95. The Kier molecular flexibility index (Phi) is 5.20. The van der Waals surface area contributed by atoms with E-state index in [0.717, 1.165) is 25.7 Å². The molecule has 0 aromatic heterocycles. The van der Waals surface area contributed by atoms with E-state index >= 15 is 0 Å². The van der Waals surface area contributed by atoms with Gasteiger partial charge in [0.25, 0.3) is 5.91 Å². The fourth-order valence-electron chi connectivity index (χ4n) is 2.52. The zero-order valence-electron chi connectivity index (χ0n) is 12.0. The number of rotatable bonds is 3. The highest BCUT2D eigenvalue weighted by Crippen LogP contribution is 2.27. The number of carbonyl (C=O) groups excluding carboxylic acids is 2. The molecule has 1 aliphatic carbocycles. The predicted molar refractivity (Wildman–Crippen MR) is 83.4 cm³/mol. The van der Waals surface area contributed by atoms with Crippen molar-refractivity contribution in [2.24, 2.45) is 11.7 Å². The second-order valence-electron chi connectivity index (χ2n) is 5.37. The smallest absolute Gasteiger partial charge is 0.251 e. The molecule has 4 N–H and O–H groups in total. The molecule has 0 spiro atoms. The largest absolute Gasteiger partial charge is 0.355 e. The lowest BCUT2D eigenvalue weighted by Crippen LogP contribution is -2.32. The van der Waals surface area contributed by atoms with E-state index in [1.165, 1.54) is 0 Å². The summed E-state index contributed by atoms with van der Waals surface area (Å²) in [6, 6.07) is 5.03. The van der Waals surface area contributed by atoms with Gasteiger partial charge in [0.15, 0.2) is 0 Å². The van der Waals surface area contributed by atoms with Crippen molar-refractivity contribution < 1.29 is 9.59 Å². The molecule has 0 aliphatic heterocycles. The molecule has 0 radical (unpaired) electrons. The number of carbonyl (C=O) groups is 2. The molecule has 1 fully saturated rings. The van der Waals surface area contributed by atoms with Gasteiger partial charge in [-0.05, 0) is 43.9 Å². The van der Waals surface area contributed by atoms with E-state index < -0.39 is 0 Å². The highest BCUT2D eigenvalue weighted by atomic mass is 35.5. The molecular formula is C15H20ClN3O2. The monoisotopic (exact) mass is 309 g/mol. The maximum absolute atomic E-state index is 12.3. The summed E-state index contributed by atoms with van der Waals surface area (Å²) >= 11 is 6.08. The topological polar surface area (TPSA) is 84.2 Å². The second kappa shape index (κ2) is 6.91. The first-order chi connectivity index (χ1) is 10.0. The summed E-state index contributed by atoms with van der Waals surface area (Å²) in [5.74, 6) is -0.312. The van der Waals surface area contributed by atoms with E-state index in [-0.39, 0.29) is 23.8 Å². The van der Waals surface area contributed by atoms with Crippen LogP contribution < -0.4 is 16.4 Å². The number of nitrogens with one attached hydrogen (secondary N) is 2. The van der Waals surface area contributed by atoms with Gasteiger partial charge in [0.2, 0.25) is 5.91 Å². The summed E-state index contributed by atoms with van der Waals surface area (Å²) in [6.07, 6.45) is 3.31. The molecule has 1 aromatic carbocycles. The van der Waals surface area contributed by atoms with Crippen LogP contribution in [0, 0.1) is 5.92 Å². The van der Waals surface area contributed by atoms with Crippen molar-refractivity contribution >= 4 is 29.1 Å². The molecule has 2 rings (SSSR count). The Morgan fingerprint density at radius 1 is 1.24 bits per heavy atom. The molecule has 2 amide bonds.